The van der Waals surface area contributed by atoms with Crippen LogP contribution in [0.3, 0.4) is 0 Å². The van der Waals surface area contributed by atoms with Gasteiger partial charge in [0.15, 0.2) is 0 Å². The van der Waals surface area contributed by atoms with Crippen LogP contribution >= 0.6 is 0 Å². The van der Waals surface area contributed by atoms with Crippen molar-refractivity contribution in [3.63, 3.8) is 0 Å². The van der Waals surface area contributed by atoms with Gasteiger partial charge in [-0.25, -0.2) is 18.1 Å². The first kappa shape index (κ1) is 15.4. The number of nitrogens with zero attached hydrogens (tertiary/aromatic N) is 1. The van der Waals surface area contributed by atoms with Crippen molar-refractivity contribution in [2.45, 2.75) is 18.7 Å². The summed E-state index contributed by atoms with van der Waals surface area (Å²) in [6.07, 6.45) is 1.24. The van der Waals surface area contributed by atoms with Crippen molar-refractivity contribution in [2.75, 3.05) is 18.9 Å². The summed E-state index contributed by atoms with van der Waals surface area (Å²) >= 11 is 0. The zero-order valence-electron chi connectivity index (χ0n) is 11.1. The van der Waals surface area contributed by atoms with Gasteiger partial charge in [0.25, 0.3) is 0 Å². The zero-order chi connectivity index (χ0) is 14.7. The molecule has 0 aliphatic carbocycles. The van der Waals surface area contributed by atoms with Gasteiger partial charge in [0.2, 0.25) is 15.9 Å². The second-order valence-electron chi connectivity index (χ2n) is 4.70. The van der Waals surface area contributed by atoms with Crippen LogP contribution in [0.15, 0.2) is 23.2 Å². The number of pyridine rings is 1. The van der Waals surface area contributed by atoms with Crippen LogP contribution in [0.25, 0.3) is 0 Å². The van der Waals surface area contributed by atoms with E-state index in [2.05, 4.69) is 15.0 Å². The second kappa shape index (κ2) is 5.54. The molecule has 106 valence electrons. The maximum absolute atomic E-state index is 12.0. The number of nitrogens with two attached hydrogens (primary N) is 1. The first-order valence-corrected chi connectivity index (χ1v) is 7.11. The summed E-state index contributed by atoms with van der Waals surface area (Å²) in [5.74, 6) is -0.00438. The van der Waals surface area contributed by atoms with E-state index in [-0.39, 0.29) is 11.4 Å². The van der Waals surface area contributed by atoms with Gasteiger partial charge in [0.1, 0.15) is 10.7 Å². The molecular weight excluding hydrogens is 268 g/mol. The number of rotatable bonds is 6. The molecule has 0 radical (unpaired) electrons. The molecule has 0 bridgehead atoms. The van der Waals surface area contributed by atoms with Crippen LogP contribution < -0.4 is 15.8 Å². The molecule has 0 unspecified atom stereocenters. The fourth-order valence-corrected chi connectivity index (χ4v) is 2.29. The maximum Gasteiger partial charge on any atom is 0.242 e. The minimum atomic E-state index is -3.70. The Kier molecular flexibility index (Phi) is 4.48. The molecule has 0 atom stereocenters. The molecule has 0 aliphatic rings. The molecule has 1 rings (SSSR count). The maximum atomic E-state index is 12.0. The van der Waals surface area contributed by atoms with E-state index < -0.39 is 21.3 Å². The molecule has 7 nitrogen and oxygen atoms in total. The van der Waals surface area contributed by atoms with E-state index in [1.807, 2.05) is 0 Å². The van der Waals surface area contributed by atoms with E-state index in [1.54, 1.807) is 27.0 Å². The predicted molar refractivity (Wildman–Crippen MR) is 71.9 cm³/mol. The summed E-state index contributed by atoms with van der Waals surface area (Å²) in [5.41, 5.74) is 4.23. The first-order chi connectivity index (χ1) is 8.69. The lowest BCUT2D eigenvalue weighted by Gasteiger charge is -2.20. The van der Waals surface area contributed by atoms with E-state index >= 15 is 0 Å². The van der Waals surface area contributed by atoms with Gasteiger partial charge in [0, 0.05) is 19.8 Å². The minimum Gasteiger partial charge on any atom is -0.373 e. The van der Waals surface area contributed by atoms with Crippen molar-refractivity contribution in [3.05, 3.63) is 18.3 Å². The lowest BCUT2D eigenvalue weighted by Crippen LogP contribution is -2.42. The van der Waals surface area contributed by atoms with Crippen molar-refractivity contribution >= 4 is 21.7 Å². The van der Waals surface area contributed by atoms with Gasteiger partial charge in [-0.3, -0.25) is 4.79 Å². The molecule has 1 heterocycles. The van der Waals surface area contributed by atoms with Crippen LogP contribution in [0.2, 0.25) is 0 Å². The number of carbonyl (C=O) groups is 1. The molecule has 19 heavy (non-hydrogen) atoms. The third-order valence-electron chi connectivity index (χ3n) is 2.67. The van der Waals surface area contributed by atoms with E-state index in [9.17, 15) is 13.2 Å². The number of amides is 1. The van der Waals surface area contributed by atoms with E-state index in [0.29, 0.717) is 5.82 Å². The zero-order valence-corrected chi connectivity index (χ0v) is 11.9. The average Bonchev–Trinajstić information content (AvgIpc) is 2.36. The summed E-state index contributed by atoms with van der Waals surface area (Å²) in [5, 5.41) is 2.79. The Morgan fingerprint density at radius 3 is 2.47 bits per heavy atom. The molecule has 1 aromatic heterocycles. The van der Waals surface area contributed by atoms with E-state index in [1.165, 1.54) is 12.3 Å². The monoisotopic (exact) mass is 286 g/mol. The molecule has 8 heteroatoms. The Hall–Kier alpha value is -1.67. The number of sulfonamides is 1. The van der Waals surface area contributed by atoms with Gasteiger partial charge in [0.05, 0.1) is 5.41 Å². The second-order valence-corrected chi connectivity index (χ2v) is 6.47. The van der Waals surface area contributed by atoms with Gasteiger partial charge >= 0.3 is 0 Å². The fourth-order valence-electron chi connectivity index (χ4n) is 1.13. The normalized spacial score (nSPS) is 12.2. The highest BCUT2D eigenvalue weighted by atomic mass is 32.2. The molecule has 0 spiro atoms. The van der Waals surface area contributed by atoms with Crippen molar-refractivity contribution in [1.82, 2.24) is 9.71 Å². The lowest BCUT2D eigenvalue weighted by molar-refractivity contribution is -0.125. The first-order valence-electron chi connectivity index (χ1n) is 5.62. The number of hydrogen-bond donors (Lipinski definition) is 3. The SMILES string of the molecule is CNc1ccc(S(=O)(=O)NCC(C)(C)C(N)=O)cn1. The van der Waals surface area contributed by atoms with Crippen LogP contribution in [0.5, 0.6) is 0 Å². The Bertz CT molecular complexity index is 552. The Labute approximate surface area is 112 Å². The van der Waals surface area contributed by atoms with E-state index in [0.717, 1.165) is 0 Å². The molecule has 0 aliphatic heterocycles. The van der Waals surface area contributed by atoms with Crippen LogP contribution in [-0.4, -0.2) is 32.9 Å². The Balaban J connectivity index is 2.84. The number of nitrogens with one attached hydrogen (secondary N) is 2. The molecular formula is C11H18N4O3S. The van der Waals surface area contributed by atoms with Crippen molar-refractivity contribution in [3.8, 4) is 0 Å². The highest BCUT2D eigenvalue weighted by Gasteiger charge is 2.27. The summed E-state index contributed by atoms with van der Waals surface area (Å²) in [6, 6.07) is 2.98. The number of hydrogen-bond acceptors (Lipinski definition) is 5. The third kappa shape index (κ3) is 3.90. The number of primary amides is 1. The average molecular weight is 286 g/mol. The summed E-state index contributed by atoms with van der Waals surface area (Å²) in [6.45, 7) is 3.07. The van der Waals surface area contributed by atoms with Crippen LogP contribution in [-0.2, 0) is 14.8 Å². The third-order valence-corrected chi connectivity index (χ3v) is 4.06. The smallest absolute Gasteiger partial charge is 0.242 e. The highest BCUT2D eigenvalue weighted by molar-refractivity contribution is 7.89. The molecule has 1 aromatic rings. The summed E-state index contributed by atoms with van der Waals surface area (Å²) < 4.78 is 26.3. The van der Waals surface area contributed by atoms with Crippen LogP contribution in [0.4, 0.5) is 5.82 Å². The number of anilines is 1. The van der Waals surface area contributed by atoms with Gasteiger partial charge in [-0.1, -0.05) is 0 Å². The molecule has 4 N–H and O–H groups in total. The van der Waals surface area contributed by atoms with Crippen molar-refractivity contribution in [2.24, 2.45) is 11.1 Å². The summed E-state index contributed by atoms with van der Waals surface area (Å²) in [7, 11) is -2.02. The van der Waals surface area contributed by atoms with Crippen LogP contribution in [0, 0.1) is 5.41 Å². The van der Waals surface area contributed by atoms with Gasteiger partial charge in [-0.2, -0.15) is 0 Å². The largest absolute Gasteiger partial charge is 0.373 e. The minimum absolute atomic E-state index is 0.0340. The molecule has 0 saturated carbocycles. The van der Waals surface area contributed by atoms with E-state index in [4.69, 9.17) is 5.73 Å². The fraction of sp³-hybridized carbons (Fsp3) is 0.455. The quantitative estimate of drug-likeness (QED) is 0.676. The topological polar surface area (TPSA) is 114 Å². The molecule has 1 amide bonds. The Morgan fingerprint density at radius 2 is 2.05 bits per heavy atom. The van der Waals surface area contributed by atoms with Crippen molar-refractivity contribution in [1.29, 1.82) is 0 Å². The highest BCUT2D eigenvalue weighted by Crippen LogP contribution is 2.15. The van der Waals surface area contributed by atoms with Gasteiger partial charge in [-0.05, 0) is 26.0 Å². The number of aromatic nitrogens is 1. The van der Waals surface area contributed by atoms with Crippen molar-refractivity contribution < 1.29 is 13.2 Å². The molecule has 0 saturated heterocycles. The molecule has 0 fully saturated rings. The predicted octanol–water partition coefficient (Wildman–Crippen LogP) is -0.0869. The lowest BCUT2D eigenvalue weighted by atomic mass is 9.93. The molecule has 0 aromatic carbocycles. The van der Waals surface area contributed by atoms with Gasteiger partial charge < -0.3 is 11.1 Å². The number of carbonyl (C=O) groups excluding carboxylic acids is 1. The van der Waals surface area contributed by atoms with Crippen LogP contribution in [0.1, 0.15) is 13.8 Å². The Morgan fingerprint density at radius 1 is 1.42 bits per heavy atom. The standard InChI is InChI=1S/C11H18N4O3S/c1-11(2,10(12)16)7-15-19(17,18)8-4-5-9(13-3)14-6-8/h4-6,15H,7H2,1-3H3,(H2,12,16)(H,13,14). The van der Waals surface area contributed by atoms with Gasteiger partial charge in [-0.15, -0.1) is 0 Å². The summed E-state index contributed by atoms with van der Waals surface area (Å²) in [4.78, 5) is 15.1.